The van der Waals surface area contributed by atoms with Gasteiger partial charge in [-0.1, -0.05) is 37.8 Å². The number of thioether (sulfide) groups is 1. The highest BCUT2D eigenvalue weighted by molar-refractivity contribution is 7.99. The third-order valence-electron chi connectivity index (χ3n) is 6.08. The summed E-state index contributed by atoms with van der Waals surface area (Å²) in [4.78, 5) is 38.4. The number of nitrogens with zero attached hydrogens (tertiary/aromatic N) is 1. The molecule has 1 amide bonds. The van der Waals surface area contributed by atoms with Gasteiger partial charge in [-0.3, -0.25) is 24.6 Å². The van der Waals surface area contributed by atoms with Gasteiger partial charge in [-0.2, -0.15) is 0 Å². The predicted octanol–water partition coefficient (Wildman–Crippen LogP) is 2.71. The Morgan fingerprint density at radius 3 is 2.59 bits per heavy atom. The van der Waals surface area contributed by atoms with Gasteiger partial charge in [0.25, 0.3) is 0 Å². The number of nitrogens with one attached hydrogen (secondary N) is 2. The van der Waals surface area contributed by atoms with Gasteiger partial charge in [-0.15, -0.1) is 11.8 Å². The van der Waals surface area contributed by atoms with Gasteiger partial charge in [0, 0.05) is 16.7 Å². The standard InChI is InChI=1S/C23H33N3O5S/c27-21(28)14-26-19-11-4-5-12-20(19)32-15-18(22(26)29)25-17(23(30)31)10-6-7-13-24-16-8-2-1-3-9-16/h4-5,11-12,16-18,24-25H,1-3,6-10,13-15H2,(H,27,28)(H,30,31)/t17-,18?/m1/s1. The summed E-state index contributed by atoms with van der Waals surface area (Å²) < 4.78 is 0. The molecule has 1 fully saturated rings. The molecule has 1 aliphatic heterocycles. The number of carbonyl (C=O) groups is 3. The van der Waals surface area contributed by atoms with Crippen LogP contribution in [0.1, 0.15) is 51.4 Å². The smallest absolute Gasteiger partial charge is 0.323 e. The number of rotatable bonds is 11. The van der Waals surface area contributed by atoms with E-state index in [1.54, 1.807) is 12.1 Å². The molecule has 32 heavy (non-hydrogen) atoms. The van der Waals surface area contributed by atoms with Crippen LogP contribution in [0.5, 0.6) is 0 Å². The molecular formula is C23H33N3O5S. The Labute approximate surface area is 193 Å². The Morgan fingerprint density at radius 2 is 1.88 bits per heavy atom. The molecule has 0 bridgehead atoms. The summed E-state index contributed by atoms with van der Waals surface area (Å²) in [6.07, 6.45) is 8.34. The first-order chi connectivity index (χ1) is 15.5. The minimum Gasteiger partial charge on any atom is -0.480 e. The summed E-state index contributed by atoms with van der Waals surface area (Å²) in [5.41, 5.74) is 0.551. The predicted molar refractivity (Wildman–Crippen MR) is 124 cm³/mol. The van der Waals surface area contributed by atoms with Crippen molar-refractivity contribution in [1.82, 2.24) is 10.6 Å². The lowest BCUT2D eigenvalue weighted by Crippen LogP contribution is -2.53. The number of hydrogen-bond donors (Lipinski definition) is 4. The van der Waals surface area contributed by atoms with E-state index in [1.807, 2.05) is 12.1 Å². The second-order valence-electron chi connectivity index (χ2n) is 8.49. The average molecular weight is 464 g/mol. The van der Waals surface area contributed by atoms with Gasteiger partial charge in [0.2, 0.25) is 5.91 Å². The van der Waals surface area contributed by atoms with Crippen LogP contribution in [0, 0.1) is 0 Å². The van der Waals surface area contributed by atoms with Crippen LogP contribution in [0.3, 0.4) is 0 Å². The highest BCUT2D eigenvalue weighted by atomic mass is 32.2. The molecule has 176 valence electrons. The molecule has 1 unspecified atom stereocenters. The Kier molecular flexibility index (Phi) is 9.37. The van der Waals surface area contributed by atoms with E-state index in [4.69, 9.17) is 0 Å². The van der Waals surface area contributed by atoms with Gasteiger partial charge >= 0.3 is 11.9 Å². The van der Waals surface area contributed by atoms with Crippen LogP contribution in [-0.4, -0.2) is 65.0 Å². The molecule has 4 N–H and O–H groups in total. The number of fused-ring (bicyclic) bond motifs is 1. The molecule has 8 nitrogen and oxygen atoms in total. The largest absolute Gasteiger partial charge is 0.480 e. The highest BCUT2D eigenvalue weighted by Crippen LogP contribution is 2.34. The maximum atomic E-state index is 13.1. The van der Waals surface area contributed by atoms with Crippen LogP contribution in [0.2, 0.25) is 0 Å². The van der Waals surface area contributed by atoms with Crippen molar-refractivity contribution in [3.05, 3.63) is 24.3 Å². The Hall–Kier alpha value is -2.10. The number of unbranched alkanes of at least 4 members (excludes halogenated alkanes) is 1. The van der Waals surface area contributed by atoms with E-state index in [9.17, 15) is 24.6 Å². The number of hydrogen-bond acceptors (Lipinski definition) is 6. The van der Waals surface area contributed by atoms with Crippen molar-refractivity contribution in [3.63, 3.8) is 0 Å². The van der Waals surface area contributed by atoms with Crippen LogP contribution in [-0.2, 0) is 14.4 Å². The van der Waals surface area contributed by atoms with E-state index in [2.05, 4.69) is 10.6 Å². The average Bonchev–Trinajstić information content (AvgIpc) is 2.90. The maximum absolute atomic E-state index is 13.1. The zero-order valence-corrected chi connectivity index (χ0v) is 19.1. The molecule has 1 heterocycles. The second kappa shape index (κ2) is 12.2. The molecule has 2 aliphatic rings. The fourth-order valence-corrected chi connectivity index (χ4v) is 5.46. The minimum absolute atomic E-state index is 0.346. The Balaban J connectivity index is 1.55. The van der Waals surface area contributed by atoms with Gasteiger partial charge in [-0.05, 0) is 44.4 Å². The Morgan fingerprint density at radius 1 is 1.12 bits per heavy atom. The first-order valence-electron chi connectivity index (χ1n) is 11.4. The normalized spacial score (nSPS) is 20.4. The van der Waals surface area contributed by atoms with Gasteiger partial charge < -0.3 is 15.5 Å². The molecule has 0 aromatic heterocycles. The summed E-state index contributed by atoms with van der Waals surface area (Å²) >= 11 is 1.43. The van der Waals surface area contributed by atoms with Gasteiger partial charge in [0.15, 0.2) is 0 Å². The molecule has 2 atom stereocenters. The fourth-order valence-electron chi connectivity index (χ4n) is 4.38. The number of anilines is 1. The zero-order chi connectivity index (χ0) is 22.9. The summed E-state index contributed by atoms with van der Waals surface area (Å²) in [7, 11) is 0. The summed E-state index contributed by atoms with van der Waals surface area (Å²) in [6, 6.07) is 6.12. The van der Waals surface area contributed by atoms with Crippen molar-refractivity contribution in [2.75, 3.05) is 23.7 Å². The topological polar surface area (TPSA) is 119 Å². The fraction of sp³-hybridized carbons (Fsp3) is 0.609. The van der Waals surface area contributed by atoms with Crippen molar-refractivity contribution in [2.45, 2.75) is 74.4 Å². The molecule has 3 rings (SSSR count). The van der Waals surface area contributed by atoms with Crippen molar-refractivity contribution in [1.29, 1.82) is 0 Å². The van der Waals surface area contributed by atoms with Crippen LogP contribution in [0.15, 0.2) is 29.2 Å². The van der Waals surface area contributed by atoms with E-state index in [1.165, 1.54) is 48.8 Å². The summed E-state index contributed by atoms with van der Waals surface area (Å²) in [6.45, 7) is 0.413. The zero-order valence-electron chi connectivity index (χ0n) is 18.3. The second-order valence-corrected chi connectivity index (χ2v) is 9.55. The van der Waals surface area contributed by atoms with E-state index in [0.29, 0.717) is 23.9 Å². The third-order valence-corrected chi connectivity index (χ3v) is 7.23. The van der Waals surface area contributed by atoms with Crippen LogP contribution >= 0.6 is 11.8 Å². The quantitative estimate of drug-likeness (QED) is 0.370. The van der Waals surface area contributed by atoms with Crippen LogP contribution in [0.4, 0.5) is 5.69 Å². The SMILES string of the molecule is O=C(O)CN1C(=O)C(N[C@H](CCCCNC2CCCCC2)C(=O)O)CSc2ccccc21. The van der Waals surface area contributed by atoms with E-state index >= 15 is 0 Å². The van der Waals surface area contributed by atoms with Crippen molar-refractivity contribution < 1.29 is 24.6 Å². The molecule has 1 aliphatic carbocycles. The molecule has 0 radical (unpaired) electrons. The van der Waals surface area contributed by atoms with Crippen LogP contribution < -0.4 is 15.5 Å². The molecule has 0 spiro atoms. The van der Waals surface area contributed by atoms with Crippen molar-refractivity contribution in [3.8, 4) is 0 Å². The lowest BCUT2D eigenvalue weighted by atomic mass is 9.95. The first-order valence-corrected chi connectivity index (χ1v) is 12.4. The number of para-hydroxylation sites is 1. The maximum Gasteiger partial charge on any atom is 0.323 e. The summed E-state index contributed by atoms with van der Waals surface area (Å²) in [5, 5.41) is 25.6. The number of carboxylic acid groups (broad SMARTS) is 2. The molecular weight excluding hydrogens is 430 g/mol. The van der Waals surface area contributed by atoms with E-state index in [-0.39, 0.29) is 0 Å². The number of aliphatic carboxylic acids is 2. The van der Waals surface area contributed by atoms with Gasteiger partial charge in [0.1, 0.15) is 12.6 Å². The molecule has 9 heteroatoms. The van der Waals surface area contributed by atoms with E-state index in [0.717, 1.165) is 24.3 Å². The Bertz CT molecular complexity index is 800. The molecule has 1 saturated carbocycles. The number of benzene rings is 1. The van der Waals surface area contributed by atoms with Crippen molar-refractivity contribution in [2.24, 2.45) is 0 Å². The lowest BCUT2D eigenvalue weighted by molar-refractivity contribution is -0.140. The highest BCUT2D eigenvalue weighted by Gasteiger charge is 2.34. The van der Waals surface area contributed by atoms with Crippen molar-refractivity contribution >= 4 is 35.3 Å². The molecule has 0 saturated heterocycles. The van der Waals surface area contributed by atoms with Crippen LogP contribution in [0.25, 0.3) is 0 Å². The molecule has 1 aromatic rings. The minimum atomic E-state index is -1.11. The molecule has 1 aromatic carbocycles. The van der Waals surface area contributed by atoms with Gasteiger partial charge in [-0.25, -0.2) is 0 Å². The summed E-state index contributed by atoms with van der Waals surface area (Å²) in [5.74, 6) is -2.16. The van der Waals surface area contributed by atoms with E-state index < -0.39 is 36.5 Å². The number of amides is 1. The monoisotopic (exact) mass is 463 g/mol. The number of carboxylic acids is 2. The first kappa shape index (κ1) is 24.5. The third kappa shape index (κ3) is 6.95. The lowest BCUT2D eigenvalue weighted by Gasteiger charge is -2.26. The number of carbonyl (C=O) groups excluding carboxylic acids is 1. The van der Waals surface area contributed by atoms with Gasteiger partial charge in [0.05, 0.1) is 11.7 Å².